The topological polar surface area (TPSA) is 71.9 Å². The van der Waals surface area contributed by atoms with Crippen molar-refractivity contribution in [2.75, 3.05) is 32.7 Å². The predicted molar refractivity (Wildman–Crippen MR) is 106 cm³/mol. The molecule has 2 aliphatic heterocycles. The fourth-order valence-electron chi connectivity index (χ4n) is 3.90. The number of likely N-dealkylation sites (tertiary alicyclic amines) is 1. The number of furan rings is 1. The minimum Gasteiger partial charge on any atom is -0.467 e. The lowest BCUT2D eigenvalue weighted by Gasteiger charge is -2.39. The van der Waals surface area contributed by atoms with Gasteiger partial charge in [0.15, 0.2) is 0 Å². The summed E-state index contributed by atoms with van der Waals surface area (Å²) in [4.78, 5) is 17.0. The molecule has 0 aromatic carbocycles. The van der Waals surface area contributed by atoms with Gasteiger partial charge in [-0.05, 0) is 38.7 Å². The summed E-state index contributed by atoms with van der Waals surface area (Å²) >= 11 is 0. The molecule has 0 bridgehead atoms. The van der Waals surface area contributed by atoms with E-state index < -0.39 is 0 Å². The number of nitrogens with two attached hydrogens (primary N) is 1. The minimum atomic E-state index is 0. The van der Waals surface area contributed by atoms with E-state index in [0.29, 0.717) is 36.0 Å². The van der Waals surface area contributed by atoms with E-state index >= 15 is 0 Å². The number of halogens is 2. The highest BCUT2D eigenvalue weighted by Crippen LogP contribution is 2.22. The Bertz CT molecular complexity index is 552. The molecule has 0 spiro atoms. The van der Waals surface area contributed by atoms with Gasteiger partial charge >= 0.3 is 0 Å². The van der Waals surface area contributed by atoms with Crippen LogP contribution >= 0.6 is 24.8 Å². The summed E-state index contributed by atoms with van der Waals surface area (Å²) in [5.41, 5.74) is 6.15. The zero-order valence-electron chi connectivity index (χ0n) is 15.6. The second kappa shape index (κ2) is 10.5. The van der Waals surface area contributed by atoms with Crippen LogP contribution in [-0.2, 0) is 11.3 Å². The van der Waals surface area contributed by atoms with Crippen molar-refractivity contribution in [2.24, 2.45) is 11.7 Å². The Morgan fingerprint density at radius 2 is 1.81 bits per heavy atom. The number of carbonyl (C=O) groups is 1. The lowest BCUT2D eigenvalue weighted by molar-refractivity contribution is -0.0728. The Balaban J connectivity index is 0.00000169. The molecule has 2 N–H and O–H groups in total. The predicted octanol–water partition coefficient (Wildman–Crippen LogP) is 2.54. The van der Waals surface area contributed by atoms with Crippen LogP contribution in [0.5, 0.6) is 0 Å². The average Bonchev–Trinajstić information content (AvgIpc) is 3.03. The van der Waals surface area contributed by atoms with E-state index in [1.807, 2.05) is 4.90 Å². The first-order valence-electron chi connectivity index (χ1n) is 8.99. The molecule has 1 amide bonds. The number of nitrogens with zero attached hydrogens (tertiary/aromatic N) is 2. The molecule has 2 aliphatic rings. The summed E-state index contributed by atoms with van der Waals surface area (Å²) in [5, 5.41) is 0. The standard InChI is InChI=1S/C18H29N3O3.2ClH/c1-13-9-20(10-14(2)24-13)11-15-3-5-21(6-4-15)18(22)16-7-17(8-19)23-12-16;;/h7,12-15H,3-6,8-11,19H2,1-2H3;2*1H. The van der Waals surface area contributed by atoms with Gasteiger partial charge in [-0.15, -0.1) is 24.8 Å². The molecular formula is C18H31Cl2N3O3. The van der Waals surface area contributed by atoms with Crippen LogP contribution in [0.4, 0.5) is 0 Å². The normalized spacial score (nSPS) is 24.7. The molecule has 3 rings (SSSR count). The second-order valence-electron chi connectivity index (χ2n) is 7.22. The first-order chi connectivity index (χ1) is 11.5. The van der Waals surface area contributed by atoms with E-state index in [9.17, 15) is 4.79 Å². The molecule has 2 saturated heterocycles. The van der Waals surface area contributed by atoms with E-state index in [1.165, 1.54) is 6.26 Å². The van der Waals surface area contributed by atoms with Crippen LogP contribution in [0.25, 0.3) is 0 Å². The Morgan fingerprint density at radius 3 is 2.35 bits per heavy atom. The summed E-state index contributed by atoms with van der Waals surface area (Å²) in [5.74, 6) is 1.38. The van der Waals surface area contributed by atoms with Gasteiger partial charge in [0.2, 0.25) is 0 Å². The number of carbonyl (C=O) groups excluding carboxylic acids is 1. The third kappa shape index (κ3) is 5.86. The van der Waals surface area contributed by atoms with E-state index in [2.05, 4.69) is 18.7 Å². The first-order valence-corrected chi connectivity index (χ1v) is 8.99. The third-order valence-corrected chi connectivity index (χ3v) is 5.02. The maximum absolute atomic E-state index is 12.5. The molecule has 2 atom stereocenters. The maximum Gasteiger partial charge on any atom is 0.257 e. The Kier molecular flexibility index (Phi) is 9.41. The molecule has 6 nitrogen and oxygen atoms in total. The zero-order valence-corrected chi connectivity index (χ0v) is 17.2. The van der Waals surface area contributed by atoms with Gasteiger partial charge in [-0.25, -0.2) is 0 Å². The van der Waals surface area contributed by atoms with E-state index in [-0.39, 0.29) is 30.7 Å². The van der Waals surface area contributed by atoms with Crippen molar-refractivity contribution < 1.29 is 13.9 Å². The van der Waals surface area contributed by atoms with E-state index in [1.54, 1.807) is 6.07 Å². The van der Waals surface area contributed by atoms with Crippen molar-refractivity contribution in [3.8, 4) is 0 Å². The van der Waals surface area contributed by atoms with Crippen LogP contribution in [0.15, 0.2) is 16.7 Å². The Labute approximate surface area is 168 Å². The van der Waals surface area contributed by atoms with Crippen molar-refractivity contribution in [2.45, 2.75) is 45.4 Å². The van der Waals surface area contributed by atoms with Gasteiger partial charge in [0.25, 0.3) is 5.91 Å². The monoisotopic (exact) mass is 407 g/mol. The van der Waals surface area contributed by atoms with Gasteiger partial charge < -0.3 is 19.8 Å². The lowest BCUT2D eigenvalue weighted by atomic mass is 9.95. The molecule has 0 radical (unpaired) electrons. The molecule has 1 aromatic heterocycles. The molecule has 8 heteroatoms. The number of rotatable bonds is 4. The molecule has 1 aromatic rings. The summed E-state index contributed by atoms with van der Waals surface area (Å²) in [7, 11) is 0. The van der Waals surface area contributed by atoms with Gasteiger partial charge in [0.05, 0.1) is 24.3 Å². The van der Waals surface area contributed by atoms with Crippen LogP contribution in [0.1, 0.15) is 42.8 Å². The first kappa shape index (κ1) is 23.2. The molecular weight excluding hydrogens is 377 g/mol. The van der Waals surface area contributed by atoms with Gasteiger partial charge in [0, 0.05) is 32.7 Å². The van der Waals surface area contributed by atoms with Crippen molar-refractivity contribution in [1.29, 1.82) is 0 Å². The smallest absolute Gasteiger partial charge is 0.257 e. The lowest BCUT2D eigenvalue weighted by Crippen LogP contribution is -2.48. The number of hydrogen-bond donors (Lipinski definition) is 1. The highest BCUT2D eigenvalue weighted by atomic mass is 35.5. The molecule has 2 fully saturated rings. The Morgan fingerprint density at radius 1 is 1.19 bits per heavy atom. The quantitative estimate of drug-likeness (QED) is 0.829. The summed E-state index contributed by atoms with van der Waals surface area (Å²) in [6, 6.07) is 1.75. The summed E-state index contributed by atoms with van der Waals surface area (Å²) in [6.45, 7) is 9.40. The van der Waals surface area contributed by atoms with Crippen molar-refractivity contribution in [3.05, 3.63) is 23.7 Å². The van der Waals surface area contributed by atoms with Crippen LogP contribution < -0.4 is 5.73 Å². The molecule has 2 unspecified atom stereocenters. The zero-order chi connectivity index (χ0) is 17.1. The Hall–Kier alpha value is -0.790. The fourth-order valence-corrected chi connectivity index (χ4v) is 3.90. The minimum absolute atomic E-state index is 0. The molecule has 150 valence electrons. The SMILES string of the molecule is CC1CN(CC2CCN(C(=O)c3coc(CN)c3)CC2)CC(C)O1.Cl.Cl. The molecule has 0 aliphatic carbocycles. The molecule has 26 heavy (non-hydrogen) atoms. The maximum atomic E-state index is 12.5. The van der Waals surface area contributed by atoms with Gasteiger partial charge in [-0.3, -0.25) is 9.69 Å². The summed E-state index contributed by atoms with van der Waals surface area (Å²) in [6.07, 6.45) is 4.27. The van der Waals surface area contributed by atoms with Crippen molar-refractivity contribution >= 4 is 30.7 Å². The summed E-state index contributed by atoms with van der Waals surface area (Å²) < 4.78 is 11.1. The second-order valence-corrected chi connectivity index (χ2v) is 7.22. The van der Waals surface area contributed by atoms with E-state index in [4.69, 9.17) is 14.9 Å². The third-order valence-electron chi connectivity index (χ3n) is 5.02. The van der Waals surface area contributed by atoms with Gasteiger partial charge in [0.1, 0.15) is 12.0 Å². The number of amides is 1. The fraction of sp³-hybridized carbons (Fsp3) is 0.722. The molecule has 3 heterocycles. The van der Waals surface area contributed by atoms with E-state index in [0.717, 1.165) is 45.6 Å². The van der Waals surface area contributed by atoms with Crippen LogP contribution in [0.3, 0.4) is 0 Å². The number of hydrogen-bond acceptors (Lipinski definition) is 5. The van der Waals surface area contributed by atoms with Crippen LogP contribution in [0, 0.1) is 5.92 Å². The number of morpholine rings is 1. The van der Waals surface area contributed by atoms with Crippen LogP contribution in [0.2, 0.25) is 0 Å². The highest BCUT2D eigenvalue weighted by Gasteiger charge is 2.28. The van der Waals surface area contributed by atoms with Crippen molar-refractivity contribution in [1.82, 2.24) is 9.80 Å². The number of piperidine rings is 1. The molecule has 0 saturated carbocycles. The highest BCUT2D eigenvalue weighted by molar-refractivity contribution is 5.94. The van der Waals surface area contributed by atoms with Gasteiger partial charge in [-0.1, -0.05) is 0 Å². The average molecular weight is 408 g/mol. The van der Waals surface area contributed by atoms with Gasteiger partial charge in [-0.2, -0.15) is 0 Å². The van der Waals surface area contributed by atoms with Crippen molar-refractivity contribution in [3.63, 3.8) is 0 Å². The van der Waals surface area contributed by atoms with Crippen LogP contribution in [-0.4, -0.2) is 60.6 Å². The largest absolute Gasteiger partial charge is 0.467 e. The number of ether oxygens (including phenoxy) is 1.